The number of rotatable bonds is 13. The maximum absolute atomic E-state index is 13.0. The Hall–Kier alpha value is -3.23. The number of fused-ring (bicyclic) bond motifs is 1. The van der Waals surface area contributed by atoms with Crippen LogP contribution < -0.4 is 27.4 Å². The normalized spacial score (nSPS) is 14.4. The SMILES string of the molecule is NC(=O)CC(N)C(=O)NC(CS)C(=O)NC(Cc1c[nH]c2ccccc12)C(=O)NC(CS)C(=O)O. The van der Waals surface area contributed by atoms with Gasteiger partial charge >= 0.3 is 5.97 Å². The zero-order valence-electron chi connectivity index (χ0n) is 18.6. The molecule has 4 unspecified atom stereocenters. The number of carbonyl (C=O) groups is 5. The van der Waals surface area contributed by atoms with Crippen LogP contribution in [0.2, 0.25) is 0 Å². The summed E-state index contributed by atoms with van der Waals surface area (Å²) in [5.74, 6) is -4.67. The van der Waals surface area contributed by atoms with Gasteiger partial charge in [0.2, 0.25) is 23.6 Å². The highest BCUT2D eigenvalue weighted by Gasteiger charge is 2.30. The molecule has 1 heterocycles. The zero-order valence-corrected chi connectivity index (χ0v) is 20.4. The summed E-state index contributed by atoms with van der Waals surface area (Å²) in [5, 5.41) is 17.4. The molecule has 4 amide bonds. The van der Waals surface area contributed by atoms with Gasteiger partial charge in [-0.2, -0.15) is 25.3 Å². The lowest BCUT2D eigenvalue weighted by Gasteiger charge is -2.24. The number of carboxylic acid groups (broad SMARTS) is 1. The van der Waals surface area contributed by atoms with E-state index in [0.29, 0.717) is 5.56 Å². The summed E-state index contributed by atoms with van der Waals surface area (Å²) >= 11 is 8.02. The smallest absolute Gasteiger partial charge is 0.327 e. The summed E-state index contributed by atoms with van der Waals surface area (Å²) in [6.07, 6.45) is 1.29. The minimum Gasteiger partial charge on any atom is -0.480 e. The molecule has 0 aliphatic rings. The number of nitrogens with two attached hydrogens (primary N) is 2. The van der Waals surface area contributed by atoms with Crippen LogP contribution in [0.1, 0.15) is 12.0 Å². The minimum atomic E-state index is -1.28. The van der Waals surface area contributed by atoms with E-state index < -0.39 is 60.2 Å². The minimum absolute atomic E-state index is 0.0227. The number of aliphatic carboxylic acids is 1. The maximum atomic E-state index is 13.0. The molecule has 9 N–H and O–H groups in total. The van der Waals surface area contributed by atoms with Gasteiger partial charge in [-0.3, -0.25) is 19.2 Å². The third kappa shape index (κ3) is 7.90. The first-order chi connectivity index (χ1) is 16.6. The van der Waals surface area contributed by atoms with Crippen LogP contribution in [0.25, 0.3) is 10.9 Å². The topological polar surface area (TPSA) is 209 Å². The van der Waals surface area contributed by atoms with Gasteiger partial charge in [-0.1, -0.05) is 18.2 Å². The molecule has 0 aliphatic carbocycles. The van der Waals surface area contributed by atoms with E-state index in [1.807, 2.05) is 24.3 Å². The second kappa shape index (κ2) is 13.0. The molecule has 2 aromatic rings. The highest BCUT2D eigenvalue weighted by atomic mass is 32.1. The molecule has 4 atom stereocenters. The van der Waals surface area contributed by atoms with E-state index in [4.69, 9.17) is 11.5 Å². The van der Waals surface area contributed by atoms with E-state index in [-0.39, 0.29) is 17.9 Å². The van der Waals surface area contributed by atoms with Crippen molar-refractivity contribution in [3.63, 3.8) is 0 Å². The number of hydrogen-bond donors (Lipinski definition) is 9. The van der Waals surface area contributed by atoms with Crippen molar-refractivity contribution < 1.29 is 29.1 Å². The molecule has 0 saturated heterocycles. The molecular weight excluding hydrogens is 496 g/mol. The Morgan fingerprint density at radius 1 is 0.914 bits per heavy atom. The van der Waals surface area contributed by atoms with Gasteiger partial charge in [0.15, 0.2) is 0 Å². The van der Waals surface area contributed by atoms with Gasteiger partial charge in [0, 0.05) is 35.0 Å². The average molecular weight is 525 g/mol. The van der Waals surface area contributed by atoms with Crippen molar-refractivity contribution in [2.24, 2.45) is 11.5 Å². The Morgan fingerprint density at radius 3 is 2.09 bits per heavy atom. The highest BCUT2D eigenvalue weighted by Crippen LogP contribution is 2.19. The van der Waals surface area contributed by atoms with Gasteiger partial charge in [0.1, 0.15) is 18.1 Å². The molecule has 2 rings (SSSR count). The van der Waals surface area contributed by atoms with Crippen molar-refractivity contribution in [1.29, 1.82) is 0 Å². The summed E-state index contributed by atoms with van der Waals surface area (Å²) in [4.78, 5) is 63.5. The van der Waals surface area contributed by atoms with E-state index in [1.165, 1.54) is 0 Å². The predicted octanol–water partition coefficient (Wildman–Crippen LogP) is -1.69. The number of H-pyrrole nitrogens is 1. The van der Waals surface area contributed by atoms with E-state index in [0.717, 1.165) is 10.9 Å². The molecule has 190 valence electrons. The van der Waals surface area contributed by atoms with E-state index in [2.05, 4.69) is 46.2 Å². The van der Waals surface area contributed by atoms with E-state index in [1.54, 1.807) is 6.20 Å². The number of thiol groups is 2. The first kappa shape index (κ1) is 28.0. The fourth-order valence-corrected chi connectivity index (χ4v) is 3.75. The Balaban J connectivity index is 2.23. The van der Waals surface area contributed by atoms with Crippen LogP contribution in [-0.4, -0.2) is 75.4 Å². The second-order valence-electron chi connectivity index (χ2n) is 7.73. The summed E-state index contributed by atoms with van der Waals surface area (Å²) < 4.78 is 0. The number of aromatic nitrogens is 1. The number of primary amides is 1. The Kier molecular flexibility index (Phi) is 10.4. The fraction of sp³-hybridized carbons (Fsp3) is 0.381. The van der Waals surface area contributed by atoms with Gasteiger partial charge in [-0.25, -0.2) is 4.79 Å². The lowest BCUT2D eigenvalue weighted by molar-refractivity contribution is -0.141. The Bertz CT molecular complexity index is 1090. The first-order valence-electron chi connectivity index (χ1n) is 10.5. The van der Waals surface area contributed by atoms with E-state index in [9.17, 15) is 29.1 Å². The molecule has 1 aromatic heterocycles. The number of hydrogen-bond acceptors (Lipinski definition) is 8. The molecule has 12 nitrogen and oxygen atoms in total. The zero-order chi connectivity index (χ0) is 26.1. The van der Waals surface area contributed by atoms with Crippen molar-refractivity contribution in [3.05, 3.63) is 36.0 Å². The summed E-state index contributed by atoms with van der Waals surface area (Å²) in [7, 11) is 0. The van der Waals surface area contributed by atoms with Crippen LogP contribution in [0.3, 0.4) is 0 Å². The summed E-state index contributed by atoms with van der Waals surface area (Å²) in [6, 6.07) is 2.40. The molecule has 0 bridgehead atoms. The number of carbonyl (C=O) groups excluding carboxylic acids is 4. The van der Waals surface area contributed by atoms with Crippen LogP contribution in [0, 0.1) is 0 Å². The molecule has 0 radical (unpaired) electrons. The number of nitrogens with one attached hydrogen (secondary N) is 4. The van der Waals surface area contributed by atoms with Crippen molar-refractivity contribution >= 4 is 65.8 Å². The van der Waals surface area contributed by atoms with Gasteiger partial charge in [0.05, 0.1) is 12.5 Å². The molecule has 1 aromatic carbocycles. The molecule has 0 spiro atoms. The van der Waals surface area contributed by atoms with Gasteiger partial charge in [-0.05, 0) is 11.6 Å². The van der Waals surface area contributed by atoms with Crippen LogP contribution in [-0.2, 0) is 30.4 Å². The largest absolute Gasteiger partial charge is 0.480 e. The summed E-state index contributed by atoms with van der Waals surface area (Å²) in [5.41, 5.74) is 12.2. The fourth-order valence-electron chi connectivity index (χ4n) is 3.24. The average Bonchev–Trinajstić information content (AvgIpc) is 3.22. The van der Waals surface area contributed by atoms with Crippen molar-refractivity contribution in [2.45, 2.75) is 37.0 Å². The number of para-hydroxylation sites is 1. The molecule has 0 saturated carbocycles. The second-order valence-corrected chi connectivity index (χ2v) is 8.46. The predicted molar refractivity (Wildman–Crippen MR) is 135 cm³/mol. The first-order valence-corrected chi connectivity index (χ1v) is 11.8. The quantitative estimate of drug-likeness (QED) is 0.139. The third-order valence-electron chi connectivity index (χ3n) is 5.10. The molecule has 35 heavy (non-hydrogen) atoms. The number of carboxylic acids is 1. The lowest BCUT2D eigenvalue weighted by Crippen LogP contribution is -2.58. The Morgan fingerprint density at radius 2 is 1.49 bits per heavy atom. The Labute approximate surface area is 211 Å². The number of aromatic amines is 1. The van der Waals surface area contributed by atoms with Crippen molar-refractivity contribution in [2.75, 3.05) is 11.5 Å². The van der Waals surface area contributed by atoms with Gasteiger partial charge < -0.3 is 37.5 Å². The van der Waals surface area contributed by atoms with Crippen LogP contribution in [0.5, 0.6) is 0 Å². The molecule has 14 heteroatoms. The highest BCUT2D eigenvalue weighted by molar-refractivity contribution is 7.80. The maximum Gasteiger partial charge on any atom is 0.327 e. The summed E-state index contributed by atoms with van der Waals surface area (Å²) in [6.45, 7) is 0. The molecule has 0 aliphatic heterocycles. The number of amides is 4. The van der Waals surface area contributed by atoms with E-state index >= 15 is 0 Å². The standard InChI is InChI=1S/C21H28N6O6S2/c22-12(6-17(23)28)18(29)26-15(8-34)20(31)25-14(19(30)27-16(9-35)21(32)33)5-10-7-24-13-4-2-1-3-11(10)13/h1-4,7,12,14-16,24,34-35H,5-6,8-9,22H2,(H2,23,28)(H,25,31)(H,26,29)(H,27,30)(H,32,33). The van der Waals surface area contributed by atoms with Crippen molar-refractivity contribution in [1.82, 2.24) is 20.9 Å². The number of benzene rings is 1. The van der Waals surface area contributed by atoms with Gasteiger partial charge in [0.25, 0.3) is 0 Å². The van der Waals surface area contributed by atoms with Crippen LogP contribution in [0.4, 0.5) is 0 Å². The van der Waals surface area contributed by atoms with Crippen LogP contribution in [0.15, 0.2) is 30.5 Å². The third-order valence-corrected chi connectivity index (χ3v) is 5.83. The monoisotopic (exact) mass is 524 g/mol. The van der Waals surface area contributed by atoms with Crippen molar-refractivity contribution in [3.8, 4) is 0 Å². The van der Waals surface area contributed by atoms with Gasteiger partial charge in [-0.15, -0.1) is 0 Å². The lowest BCUT2D eigenvalue weighted by atomic mass is 10.0. The molecule has 0 fully saturated rings. The van der Waals surface area contributed by atoms with Crippen LogP contribution >= 0.6 is 25.3 Å². The molecular formula is C21H28N6O6S2.